The van der Waals surface area contributed by atoms with E-state index in [0.29, 0.717) is 17.7 Å². The van der Waals surface area contributed by atoms with Crippen LogP contribution in [0.25, 0.3) is 0 Å². The molecular weight excluding hydrogens is 716 g/mol. The third-order valence-electron chi connectivity index (χ3n) is 7.70. The smallest absolute Gasteiger partial charge is 0.411 e. The fourth-order valence-electron chi connectivity index (χ4n) is 4.16. The second-order valence-corrected chi connectivity index (χ2v) is 12.2. The zero-order chi connectivity index (χ0) is 41.4. The standard InChI is InChI=1S/C40H50N2O13/c1-10-29(8)49-24-40(25-50-30(9)11-2,26-53-36(46)15-6)27-55-38(48)42-33-20-31(17-16-28(33)7)41-37(47)54-23-39(19-18-32(43)12-3,21-51-34(44)13-4)22-52-35(45)14-5/h10,12-17,20H,1,3-6,8-9,11,18-19,21-27H2,2,7H3,(H,41,47)(H,42,48). The Morgan fingerprint density at radius 1 is 0.618 bits per heavy atom. The van der Waals surface area contributed by atoms with Gasteiger partial charge in [0.25, 0.3) is 0 Å². The molecule has 0 aromatic heterocycles. The maximum atomic E-state index is 13.1. The number of carbonyl (C=O) groups excluding carboxylic acids is 6. The largest absolute Gasteiger partial charge is 0.498 e. The summed E-state index contributed by atoms with van der Waals surface area (Å²) in [6, 6.07) is 4.59. The Hall–Kier alpha value is -6.38. The average molecular weight is 767 g/mol. The summed E-state index contributed by atoms with van der Waals surface area (Å²) in [4.78, 5) is 74.0. The second-order valence-electron chi connectivity index (χ2n) is 12.2. The molecule has 0 aliphatic rings. The summed E-state index contributed by atoms with van der Waals surface area (Å²) in [5, 5.41) is 5.16. The van der Waals surface area contributed by atoms with Crippen molar-refractivity contribution < 1.29 is 61.9 Å². The van der Waals surface area contributed by atoms with Gasteiger partial charge in [-0.3, -0.25) is 15.4 Å². The van der Waals surface area contributed by atoms with Crippen molar-refractivity contribution in [2.45, 2.75) is 33.1 Å². The van der Waals surface area contributed by atoms with Crippen molar-refractivity contribution in [1.29, 1.82) is 0 Å². The van der Waals surface area contributed by atoms with E-state index in [1.54, 1.807) is 19.1 Å². The van der Waals surface area contributed by atoms with E-state index in [1.165, 1.54) is 12.1 Å². The predicted molar refractivity (Wildman–Crippen MR) is 205 cm³/mol. The zero-order valence-corrected chi connectivity index (χ0v) is 31.4. The molecule has 2 amide bonds. The molecule has 0 spiro atoms. The predicted octanol–water partition coefficient (Wildman–Crippen LogP) is 6.44. The summed E-state index contributed by atoms with van der Waals surface area (Å²) >= 11 is 0. The number of rotatable bonds is 27. The Kier molecular flexibility index (Phi) is 20.4. The van der Waals surface area contributed by atoms with Gasteiger partial charge in [-0.15, -0.1) is 0 Å². The zero-order valence-electron chi connectivity index (χ0n) is 31.4. The molecule has 15 nitrogen and oxygen atoms in total. The highest BCUT2D eigenvalue weighted by atomic mass is 16.6. The lowest BCUT2D eigenvalue weighted by Crippen LogP contribution is -2.43. The van der Waals surface area contributed by atoms with Gasteiger partial charge in [-0.1, -0.05) is 59.0 Å². The van der Waals surface area contributed by atoms with Gasteiger partial charge in [0, 0.05) is 42.4 Å². The molecule has 0 saturated carbocycles. The van der Waals surface area contributed by atoms with Crippen LogP contribution >= 0.6 is 0 Å². The van der Waals surface area contributed by atoms with Crippen LogP contribution in [0.15, 0.2) is 106 Å². The van der Waals surface area contributed by atoms with Crippen LogP contribution in [0.3, 0.4) is 0 Å². The number of nitrogens with one attached hydrogen (secondary N) is 2. The van der Waals surface area contributed by atoms with Crippen LogP contribution in [0.2, 0.25) is 0 Å². The number of benzene rings is 1. The lowest BCUT2D eigenvalue weighted by atomic mass is 9.84. The third-order valence-corrected chi connectivity index (χ3v) is 7.70. The topological polar surface area (TPSA) is 191 Å². The van der Waals surface area contributed by atoms with Gasteiger partial charge in [0.1, 0.15) is 57.4 Å². The van der Waals surface area contributed by atoms with Gasteiger partial charge >= 0.3 is 30.1 Å². The van der Waals surface area contributed by atoms with Crippen molar-refractivity contribution in [3.05, 3.63) is 112 Å². The number of aryl methyl sites for hydroxylation is 1. The van der Waals surface area contributed by atoms with Gasteiger partial charge in [0.2, 0.25) is 0 Å². The number of hydrogen-bond acceptors (Lipinski definition) is 13. The van der Waals surface area contributed by atoms with Crippen molar-refractivity contribution in [2.24, 2.45) is 10.8 Å². The number of ketones is 1. The SMILES string of the molecule is C=CC(=C)OCC(COC(=C)CC)(COC(=O)C=C)COC(=O)Nc1cc(NC(=O)OCC(CCC(=O)C=C)(COC(=O)C=C)COC(=O)C=C)ccc1C. The molecule has 55 heavy (non-hydrogen) atoms. The van der Waals surface area contributed by atoms with Crippen molar-refractivity contribution >= 4 is 47.3 Å². The van der Waals surface area contributed by atoms with E-state index in [4.69, 9.17) is 33.2 Å². The van der Waals surface area contributed by atoms with E-state index in [9.17, 15) is 28.8 Å². The summed E-state index contributed by atoms with van der Waals surface area (Å²) < 4.78 is 38.2. The van der Waals surface area contributed by atoms with Gasteiger partial charge in [0.05, 0.1) is 11.2 Å². The molecule has 2 N–H and O–H groups in total. The number of anilines is 2. The molecule has 298 valence electrons. The Morgan fingerprint density at radius 3 is 1.60 bits per heavy atom. The van der Waals surface area contributed by atoms with Crippen LogP contribution < -0.4 is 10.6 Å². The van der Waals surface area contributed by atoms with Crippen LogP contribution in [0.5, 0.6) is 0 Å². The minimum absolute atomic E-state index is 0.0206. The second kappa shape index (κ2) is 24.0. The van der Waals surface area contributed by atoms with E-state index in [-0.39, 0.29) is 62.2 Å². The molecule has 0 aliphatic carbocycles. The van der Waals surface area contributed by atoms with Gasteiger partial charge in [-0.05, 0) is 43.2 Å². The van der Waals surface area contributed by atoms with Gasteiger partial charge in [0.15, 0.2) is 5.78 Å². The molecule has 0 radical (unpaired) electrons. The molecule has 15 heteroatoms. The van der Waals surface area contributed by atoms with Gasteiger partial charge < -0.3 is 33.2 Å². The van der Waals surface area contributed by atoms with E-state index >= 15 is 0 Å². The van der Waals surface area contributed by atoms with E-state index in [0.717, 1.165) is 24.3 Å². The first kappa shape index (κ1) is 46.6. The average Bonchev–Trinajstić information content (AvgIpc) is 3.19. The van der Waals surface area contributed by atoms with Crippen LogP contribution in [-0.4, -0.2) is 82.1 Å². The summed E-state index contributed by atoms with van der Waals surface area (Å²) in [5.41, 5.74) is -1.51. The van der Waals surface area contributed by atoms with Crippen molar-refractivity contribution in [3.63, 3.8) is 0 Å². The molecule has 0 bridgehead atoms. The highest BCUT2D eigenvalue weighted by molar-refractivity contribution is 5.90. The maximum Gasteiger partial charge on any atom is 0.411 e. The summed E-state index contributed by atoms with van der Waals surface area (Å²) in [6.07, 6.45) is 3.84. The summed E-state index contributed by atoms with van der Waals surface area (Å²) in [5.74, 6) is -1.99. The lowest BCUT2D eigenvalue weighted by Gasteiger charge is -2.32. The minimum Gasteiger partial charge on any atom is -0.498 e. The number of esters is 3. The molecule has 1 aromatic carbocycles. The third kappa shape index (κ3) is 17.8. The molecule has 0 saturated heterocycles. The number of ether oxygens (including phenoxy) is 7. The summed E-state index contributed by atoms with van der Waals surface area (Å²) in [7, 11) is 0. The fraction of sp³-hybridized carbons (Fsp3) is 0.350. The Morgan fingerprint density at radius 2 is 1.09 bits per heavy atom. The normalized spacial score (nSPS) is 11.5. The highest BCUT2D eigenvalue weighted by Gasteiger charge is 2.38. The molecule has 1 aromatic rings. The van der Waals surface area contributed by atoms with E-state index in [1.807, 2.05) is 6.92 Å². The number of amides is 2. The van der Waals surface area contributed by atoms with Gasteiger partial charge in [-0.25, -0.2) is 24.0 Å². The van der Waals surface area contributed by atoms with Crippen LogP contribution in [-0.2, 0) is 52.3 Å². The van der Waals surface area contributed by atoms with Crippen molar-refractivity contribution in [2.75, 3.05) is 56.9 Å². The number of hydrogen-bond donors (Lipinski definition) is 2. The Bertz CT molecular complexity index is 1540. The molecule has 0 fully saturated rings. The minimum atomic E-state index is -1.34. The van der Waals surface area contributed by atoms with Crippen LogP contribution in [0.4, 0.5) is 21.0 Å². The molecule has 0 aliphatic heterocycles. The van der Waals surface area contributed by atoms with E-state index in [2.05, 4.69) is 56.7 Å². The molecule has 0 heterocycles. The first-order valence-corrected chi connectivity index (χ1v) is 16.8. The quantitative estimate of drug-likeness (QED) is 0.0327. The molecule has 1 rings (SSSR count). The molecular formula is C40H50N2O13. The fourth-order valence-corrected chi connectivity index (χ4v) is 4.16. The highest BCUT2D eigenvalue weighted by Crippen LogP contribution is 2.29. The van der Waals surface area contributed by atoms with E-state index < -0.39 is 60.7 Å². The summed E-state index contributed by atoms with van der Waals surface area (Å²) in [6.45, 7) is 26.1. The monoisotopic (exact) mass is 766 g/mol. The maximum absolute atomic E-state index is 13.1. The van der Waals surface area contributed by atoms with Crippen molar-refractivity contribution in [3.8, 4) is 0 Å². The van der Waals surface area contributed by atoms with Gasteiger partial charge in [-0.2, -0.15) is 0 Å². The Labute approximate surface area is 321 Å². The van der Waals surface area contributed by atoms with Crippen LogP contribution in [0.1, 0.15) is 31.7 Å². The van der Waals surface area contributed by atoms with Crippen molar-refractivity contribution in [1.82, 2.24) is 0 Å². The molecule has 1 unspecified atom stereocenters. The first-order valence-electron chi connectivity index (χ1n) is 16.8. The Balaban J connectivity index is 3.20. The number of allylic oxidation sites excluding steroid dienone is 3. The van der Waals surface area contributed by atoms with Crippen LogP contribution in [0, 0.1) is 17.8 Å². The lowest BCUT2D eigenvalue weighted by molar-refractivity contribution is -0.151. The number of carbonyl (C=O) groups is 6. The first-order chi connectivity index (χ1) is 26.1. The molecule has 1 atom stereocenters.